The molecule has 2 aromatic rings. The van der Waals surface area contributed by atoms with Gasteiger partial charge in [0, 0.05) is 6.07 Å². The Morgan fingerprint density at radius 1 is 0.944 bits per heavy atom. The van der Waals surface area contributed by atoms with Crippen LogP contribution in [0.4, 0.5) is 5.69 Å². The molecule has 0 bridgehead atoms. The number of fused-ring (bicyclic) bond motifs is 1. The lowest BCUT2D eigenvalue weighted by molar-refractivity contribution is -0.385. The first-order valence-corrected chi connectivity index (χ1v) is 5.79. The zero-order valence-corrected chi connectivity index (χ0v) is 9.67. The smallest absolute Gasteiger partial charge is 0.258 e. The maximum Gasteiger partial charge on any atom is 0.277 e. The van der Waals surface area contributed by atoms with E-state index in [9.17, 15) is 10.1 Å². The third-order valence-corrected chi connectivity index (χ3v) is 3.22. The fourth-order valence-electron chi connectivity index (χ4n) is 2.40. The molecule has 0 spiro atoms. The van der Waals surface area contributed by atoms with Crippen LogP contribution in [0.2, 0.25) is 0 Å². The van der Waals surface area contributed by atoms with Gasteiger partial charge in [-0.1, -0.05) is 42.5 Å². The van der Waals surface area contributed by atoms with Gasteiger partial charge in [0.2, 0.25) is 0 Å². The summed E-state index contributed by atoms with van der Waals surface area (Å²) in [7, 11) is 0. The molecule has 0 saturated heterocycles. The fourth-order valence-corrected chi connectivity index (χ4v) is 2.40. The van der Waals surface area contributed by atoms with Crippen molar-refractivity contribution in [1.82, 2.24) is 0 Å². The van der Waals surface area contributed by atoms with Gasteiger partial charge >= 0.3 is 0 Å². The van der Waals surface area contributed by atoms with Crippen LogP contribution in [0.3, 0.4) is 0 Å². The number of nitro benzene ring substituents is 1. The van der Waals surface area contributed by atoms with Gasteiger partial charge in [0.1, 0.15) is 0 Å². The monoisotopic (exact) mass is 237 g/mol. The van der Waals surface area contributed by atoms with E-state index < -0.39 is 0 Å². The van der Waals surface area contributed by atoms with Crippen molar-refractivity contribution >= 4 is 11.3 Å². The van der Waals surface area contributed by atoms with Gasteiger partial charge in [0.15, 0.2) is 0 Å². The quantitative estimate of drug-likeness (QED) is 0.591. The Labute approximate surface area is 105 Å². The van der Waals surface area contributed by atoms with Crippen molar-refractivity contribution in [1.29, 1.82) is 0 Å². The number of nitro groups is 1. The minimum atomic E-state index is -0.322. The Morgan fingerprint density at radius 2 is 1.61 bits per heavy atom. The molecule has 0 saturated carbocycles. The standard InChI is InChI=1S/C15H11NO2/c17-16(18)15-8-4-3-7-14(15)13-10-9-11-5-1-2-6-12(11)13/h1-8,10H,9H2. The molecule has 0 unspecified atom stereocenters. The van der Waals surface area contributed by atoms with Crippen LogP contribution >= 0.6 is 0 Å². The predicted molar refractivity (Wildman–Crippen MR) is 70.3 cm³/mol. The van der Waals surface area contributed by atoms with E-state index in [1.807, 2.05) is 30.3 Å². The second-order valence-electron chi connectivity index (χ2n) is 4.25. The molecule has 2 aromatic carbocycles. The van der Waals surface area contributed by atoms with E-state index in [4.69, 9.17) is 0 Å². The minimum Gasteiger partial charge on any atom is -0.258 e. The van der Waals surface area contributed by atoms with Gasteiger partial charge in [-0.2, -0.15) is 0 Å². The number of nitrogens with zero attached hydrogens (tertiary/aromatic N) is 1. The molecule has 1 aliphatic carbocycles. The fraction of sp³-hybridized carbons (Fsp3) is 0.0667. The van der Waals surface area contributed by atoms with Gasteiger partial charge in [-0.05, 0) is 29.2 Å². The van der Waals surface area contributed by atoms with Crippen LogP contribution in [-0.2, 0) is 6.42 Å². The third kappa shape index (κ3) is 1.61. The lowest BCUT2D eigenvalue weighted by Gasteiger charge is -2.06. The van der Waals surface area contributed by atoms with Crippen LogP contribution < -0.4 is 0 Å². The zero-order valence-electron chi connectivity index (χ0n) is 9.67. The summed E-state index contributed by atoms with van der Waals surface area (Å²) in [5.74, 6) is 0. The summed E-state index contributed by atoms with van der Waals surface area (Å²) in [5, 5.41) is 11.1. The van der Waals surface area contributed by atoms with Crippen molar-refractivity contribution in [2.24, 2.45) is 0 Å². The van der Waals surface area contributed by atoms with E-state index in [1.165, 1.54) is 5.56 Å². The topological polar surface area (TPSA) is 43.1 Å². The summed E-state index contributed by atoms with van der Waals surface area (Å²) < 4.78 is 0. The van der Waals surface area contributed by atoms with E-state index in [2.05, 4.69) is 12.1 Å². The molecular weight excluding hydrogens is 226 g/mol. The lowest BCUT2D eigenvalue weighted by Crippen LogP contribution is -1.95. The van der Waals surface area contributed by atoms with Crippen molar-refractivity contribution < 1.29 is 4.92 Å². The maximum atomic E-state index is 11.1. The maximum absolute atomic E-state index is 11.1. The molecule has 1 aliphatic rings. The summed E-state index contributed by atoms with van der Waals surface area (Å²) in [5.41, 5.74) is 4.17. The molecule has 3 rings (SSSR count). The summed E-state index contributed by atoms with van der Waals surface area (Å²) in [6.07, 6.45) is 2.91. The molecule has 0 atom stereocenters. The highest BCUT2D eigenvalue weighted by atomic mass is 16.6. The molecule has 0 amide bonds. The van der Waals surface area contributed by atoms with Gasteiger partial charge in [-0.15, -0.1) is 0 Å². The van der Waals surface area contributed by atoms with Crippen LogP contribution in [-0.4, -0.2) is 4.92 Å². The van der Waals surface area contributed by atoms with Crippen LogP contribution in [0.5, 0.6) is 0 Å². The van der Waals surface area contributed by atoms with Gasteiger partial charge in [-0.3, -0.25) is 10.1 Å². The van der Waals surface area contributed by atoms with Crippen molar-refractivity contribution in [3.8, 4) is 0 Å². The molecule has 0 aromatic heterocycles. The Balaban J connectivity index is 2.16. The van der Waals surface area contributed by atoms with Crippen molar-refractivity contribution in [2.75, 3.05) is 0 Å². The molecule has 0 fully saturated rings. The molecule has 18 heavy (non-hydrogen) atoms. The van der Waals surface area contributed by atoms with Crippen molar-refractivity contribution in [2.45, 2.75) is 6.42 Å². The molecule has 0 N–H and O–H groups in total. The van der Waals surface area contributed by atoms with Crippen molar-refractivity contribution in [3.05, 3.63) is 81.4 Å². The average Bonchev–Trinajstić information content (AvgIpc) is 2.82. The van der Waals surface area contributed by atoms with Crippen LogP contribution in [0.25, 0.3) is 5.57 Å². The molecule has 3 heteroatoms. The number of hydrogen-bond donors (Lipinski definition) is 0. The average molecular weight is 237 g/mol. The Hall–Kier alpha value is -2.42. The SMILES string of the molecule is O=[N+]([O-])c1ccccc1C1=CCc2ccccc21. The number of para-hydroxylation sites is 1. The lowest BCUT2D eigenvalue weighted by atomic mass is 9.98. The first kappa shape index (κ1) is 10.7. The highest BCUT2D eigenvalue weighted by molar-refractivity contribution is 5.88. The molecule has 3 nitrogen and oxygen atoms in total. The highest BCUT2D eigenvalue weighted by Crippen LogP contribution is 2.36. The number of allylic oxidation sites excluding steroid dienone is 1. The van der Waals surface area contributed by atoms with Crippen LogP contribution in [0.15, 0.2) is 54.6 Å². The van der Waals surface area contributed by atoms with Crippen LogP contribution in [0, 0.1) is 10.1 Å². The summed E-state index contributed by atoms with van der Waals surface area (Å²) >= 11 is 0. The number of rotatable bonds is 2. The summed E-state index contributed by atoms with van der Waals surface area (Å²) in [6, 6.07) is 14.9. The molecular formula is C15H11NO2. The zero-order chi connectivity index (χ0) is 12.5. The molecule has 0 radical (unpaired) electrons. The largest absolute Gasteiger partial charge is 0.277 e. The molecule has 0 aliphatic heterocycles. The Morgan fingerprint density at radius 3 is 2.39 bits per heavy atom. The van der Waals surface area contributed by atoms with Gasteiger partial charge in [0.25, 0.3) is 5.69 Å². The van der Waals surface area contributed by atoms with E-state index >= 15 is 0 Å². The second-order valence-corrected chi connectivity index (χ2v) is 4.25. The normalized spacial score (nSPS) is 13.0. The van der Waals surface area contributed by atoms with E-state index in [0.29, 0.717) is 5.56 Å². The first-order valence-electron chi connectivity index (χ1n) is 5.79. The Bertz CT molecular complexity index is 659. The third-order valence-electron chi connectivity index (χ3n) is 3.22. The first-order chi connectivity index (χ1) is 8.77. The molecule has 0 heterocycles. The summed E-state index contributed by atoms with van der Waals surface area (Å²) in [6.45, 7) is 0. The summed E-state index contributed by atoms with van der Waals surface area (Å²) in [4.78, 5) is 10.7. The van der Waals surface area contributed by atoms with E-state index in [1.54, 1.807) is 12.1 Å². The second kappa shape index (κ2) is 4.11. The number of hydrogen-bond acceptors (Lipinski definition) is 2. The predicted octanol–water partition coefficient (Wildman–Crippen LogP) is 3.58. The van der Waals surface area contributed by atoms with Gasteiger partial charge in [-0.25, -0.2) is 0 Å². The van der Waals surface area contributed by atoms with E-state index in [-0.39, 0.29) is 10.6 Å². The Kier molecular flexibility index (Phi) is 2.45. The minimum absolute atomic E-state index is 0.167. The number of benzene rings is 2. The highest BCUT2D eigenvalue weighted by Gasteiger charge is 2.21. The molecule has 88 valence electrons. The van der Waals surface area contributed by atoms with Gasteiger partial charge < -0.3 is 0 Å². The van der Waals surface area contributed by atoms with Gasteiger partial charge in [0.05, 0.1) is 10.5 Å². The van der Waals surface area contributed by atoms with Crippen LogP contribution in [0.1, 0.15) is 16.7 Å². The van der Waals surface area contributed by atoms with E-state index in [0.717, 1.165) is 17.6 Å². The van der Waals surface area contributed by atoms with Crippen molar-refractivity contribution in [3.63, 3.8) is 0 Å².